The summed E-state index contributed by atoms with van der Waals surface area (Å²) in [7, 11) is 0. The zero-order valence-corrected chi connectivity index (χ0v) is 11.6. The van der Waals surface area contributed by atoms with Crippen LogP contribution in [-0.4, -0.2) is 6.54 Å². The lowest BCUT2D eigenvalue weighted by atomic mass is 10.0. The quantitative estimate of drug-likeness (QED) is 0.829. The summed E-state index contributed by atoms with van der Waals surface area (Å²) in [6.45, 7) is 6.40. The molecule has 2 aromatic carbocycles. The van der Waals surface area contributed by atoms with E-state index in [2.05, 4.69) is 49.1 Å². The molecule has 2 nitrogen and oxygen atoms in total. The Kier molecular flexibility index (Phi) is 2.94. The highest BCUT2D eigenvalue weighted by Gasteiger charge is 2.22. The molecule has 0 amide bonds. The van der Waals surface area contributed by atoms with Crippen LogP contribution in [-0.2, 0) is 13.0 Å². The van der Waals surface area contributed by atoms with Crippen LogP contribution in [0.3, 0.4) is 0 Å². The molecule has 2 heteroatoms. The standard InChI is InChI=1S/C17H20N2/c1-12-5-3-6-13(2)15(12)11-19-10-9-14-7-4-8-16(18)17(14)19/h3-8H,9-11,18H2,1-2H3. The van der Waals surface area contributed by atoms with E-state index in [4.69, 9.17) is 5.73 Å². The summed E-state index contributed by atoms with van der Waals surface area (Å²) >= 11 is 0. The third-order valence-electron chi connectivity index (χ3n) is 4.11. The van der Waals surface area contributed by atoms with Crippen LogP contribution in [0.15, 0.2) is 36.4 Å². The van der Waals surface area contributed by atoms with E-state index in [1.54, 1.807) is 0 Å². The van der Waals surface area contributed by atoms with E-state index < -0.39 is 0 Å². The summed E-state index contributed by atoms with van der Waals surface area (Å²) in [6, 6.07) is 12.7. The van der Waals surface area contributed by atoms with Crippen LogP contribution in [0.4, 0.5) is 11.4 Å². The lowest BCUT2D eigenvalue weighted by Gasteiger charge is -2.23. The van der Waals surface area contributed by atoms with Crippen molar-refractivity contribution < 1.29 is 0 Å². The minimum absolute atomic E-state index is 0.904. The normalized spacial score (nSPS) is 13.7. The van der Waals surface area contributed by atoms with Crippen LogP contribution < -0.4 is 10.6 Å². The van der Waals surface area contributed by atoms with Crippen molar-refractivity contribution in [3.05, 3.63) is 58.7 Å². The first kappa shape index (κ1) is 12.1. The largest absolute Gasteiger partial charge is 0.397 e. The van der Waals surface area contributed by atoms with E-state index in [0.717, 1.165) is 25.2 Å². The van der Waals surface area contributed by atoms with Gasteiger partial charge < -0.3 is 10.6 Å². The van der Waals surface area contributed by atoms with Crippen molar-refractivity contribution in [1.29, 1.82) is 0 Å². The maximum Gasteiger partial charge on any atom is 0.0636 e. The lowest BCUT2D eigenvalue weighted by molar-refractivity contribution is 0.827. The van der Waals surface area contributed by atoms with Crippen LogP contribution in [0.5, 0.6) is 0 Å². The van der Waals surface area contributed by atoms with Crippen molar-refractivity contribution in [2.75, 3.05) is 17.2 Å². The van der Waals surface area contributed by atoms with Gasteiger partial charge in [-0.3, -0.25) is 0 Å². The SMILES string of the molecule is Cc1cccc(C)c1CN1CCc2cccc(N)c21. The highest BCUT2D eigenvalue weighted by molar-refractivity contribution is 5.74. The van der Waals surface area contributed by atoms with Crippen LogP contribution in [0.25, 0.3) is 0 Å². The monoisotopic (exact) mass is 252 g/mol. The van der Waals surface area contributed by atoms with Crippen LogP contribution in [0.1, 0.15) is 22.3 Å². The summed E-state index contributed by atoms with van der Waals surface area (Å²) in [5, 5.41) is 0. The Morgan fingerprint density at radius 1 is 1.05 bits per heavy atom. The van der Waals surface area contributed by atoms with Crippen molar-refractivity contribution in [3.8, 4) is 0 Å². The molecule has 0 radical (unpaired) electrons. The highest BCUT2D eigenvalue weighted by atomic mass is 15.2. The molecular weight excluding hydrogens is 232 g/mol. The molecule has 0 aromatic heterocycles. The smallest absolute Gasteiger partial charge is 0.0636 e. The van der Waals surface area contributed by atoms with Gasteiger partial charge in [0.2, 0.25) is 0 Å². The molecule has 0 saturated heterocycles. The molecule has 0 fully saturated rings. The zero-order chi connectivity index (χ0) is 13.4. The van der Waals surface area contributed by atoms with E-state index in [1.165, 1.54) is 27.9 Å². The van der Waals surface area contributed by atoms with Crippen molar-refractivity contribution in [2.24, 2.45) is 0 Å². The Morgan fingerprint density at radius 3 is 2.47 bits per heavy atom. The summed E-state index contributed by atoms with van der Waals surface area (Å²) in [4.78, 5) is 2.42. The number of hydrogen-bond acceptors (Lipinski definition) is 2. The molecule has 0 saturated carbocycles. The second kappa shape index (κ2) is 4.61. The average Bonchev–Trinajstić information content (AvgIpc) is 2.79. The van der Waals surface area contributed by atoms with Gasteiger partial charge >= 0.3 is 0 Å². The van der Waals surface area contributed by atoms with Gasteiger partial charge in [0.25, 0.3) is 0 Å². The highest BCUT2D eigenvalue weighted by Crippen LogP contribution is 2.35. The molecule has 0 aliphatic carbocycles. The van der Waals surface area contributed by atoms with Gasteiger partial charge in [-0.25, -0.2) is 0 Å². The first-order chi connectivity index (χ1) is 9.16. The summed E-state index contributed by atoms with van der Waals surface area (Å²) in [6.07, 6.45) is 1.10. The number of nitrogens with zero attached hydrogens (tertiary/aromatic N) is 1. The molecule has 0 spiro atoms. The second-order valence-corrected chi connectivity index (χ2v) is 5.40. The number of fused-ring (bicyclic) bond motifs is 1. The minimum Gasteiger partial charge on any atom is -0.397 e. The fraction of sp³-hybridized carbons (Fsp3) is 0.294. The van der Waals surface area contributed by atoms with Crippen molar-refractivity contribution >= 4 is 11.4 Å². The molecule has 2 aromatic rings. The number of nitrogens with two attached hydrogens (primary N) is 1. The fourth-order valence-corrected chi connectivity index (χ4v) is 3.01. The molecule has 0 bridgehead atoms. The van der Waals surface area contributed by atoms with E-state index in [-0.39, 0.29) is 0 Å². The molecule has 19 heavy (non-hydrogen) atoms. The summed E-state index contributed by atoms with van der Waals surface area (Å²) in [5.74, 6) is 0. The molecular formula is C17H20N2. The molecule has 0 unspecified atom stereocenters. The average molecular weight is 252 g/mol. The molecule has 98 valence electrons. The van der Waals surface area contributed by atoms with Gasteiger partial charge in [-0.2, -0.15) is 0 Å². The van der Waals surface area contributed by atoms with E-state index in [1.807, 2.05) is 6.07 Å². The first-order valence-electron chi connectivity index (χ1n) is 6.84. The van der Waals surface area contributed by atoms with E-state index in [0.29, 0.717) is 0 Å². The molecule has 3 rings (SSSR count). The van der Waals surface area contributed by atoms with Crippen LogP contribution in [0, 0.1) is 13.8 Å². The molecule has 1 aliphatic heterocycles. The predicted molar refractivity (Wildman–Crippen MR) is 81.5 cm³/mol. The molecule has 1 aliphatic rings. The number of rotatable bonds is 2. The Bertz CT molecular complexity index is 596. The summed E-state index contributed by atoms with van der Waals surface area (Å²) < 4.78 is 0. The van der Waals surface area contributed by atoms with Crippen LogP contribution in [0.2, 0.25) is 0 Å². The fourth-order valence-electron chi connectivity index (χ4n) is 3.01. The van der Waals surface area contributed by atoms with E-state index >= 15 is 0 Å². The molecule has 0 atom stereocenters. The third-order valence-corrected chi connectivity index (χ3v) is 4.11. The second-order valence-electron chi connectivity index (χ2n) is 5.40. The number of benzene rings is 2. The number of anilines is 2. The number of nitrogen functional groups attached to an aromatic ring is 1. The van der Waals surface area contributed by atoms with Crippen molar-refractivity contribution in [3.63, 3.8) is 0 Å². The van der Waals surface area contributed by atoms with Gasteiger partial charge in [-0.15, -0.1) is 0 Å². The Morgan fingerprint density at radius 2 is 1.74 bits per heavy atom. The Balaban J connectivity index is 1.95. The van der Waals surface area contributed by atoms with Gasteiger partial charge in [-0.05, 0) is 48.6 Å². The van der Waals surface area contributed by atoms with Gasteiger partial charge in [0.1, 0.15) is 0 Å². The third kappa shape index (κ3) is 2.07. The topological polar surface area (TPSA) is 29.3 Å². The zero-order valence-electron chi connectivity index (χ0n) is 11.6. The van der Waals surface area contributed by atoms with Gasteiger partial charge in [0.05, 0.1) is 11.4 Å². The van der Waals surface area contributed by atoms with Crippen molar-refractivity contribution in [1.82, 2.24) is 0 Å². The number of aryl methyl sites for hydroxylation is 2. The lowest BCUT2D eigenvalue weighted by Crippen LogP contribution is -2.21. The maximum absolute atomic E-state index is 6.15. The molecule has 2 N–H and O–H groups in total. The van der Waals surface area contributed by atoms with Gasteiger partial charge in [0, 0.05) is 13.1 Å². The minimum atomic E-state index is 0.904. The Labute approximate surface area is 114 Å². The predicted octanol–water partition coefficient (Wildman–Crippen LogP) is 3.45. The molecule has 1 heterocycles. The number of para-hydroxylation sites is 1. The Hall–Kier alpha value is -1.96. The van der Waals surface area contributed by atoms with Gasteiger partial charge in [0.15, 0.2) is 0 Å². The maximum atomic E-state index is 6.15. The van der Waals surface area contributed by atoms with Gasteiger partial charge in [-0.1, -0.05) is 30.3 Å². The summed E-state index contributed by atoms with van der Waals surface area (Å²) in [5.41, 5.74) is 13.8. The van der Waals surface area contributed by atoms with Crippen LogP contribution >= 0.6 is 0 Å². The number of hydrogen-bond donors (Lipinski definition) is 1. The first-order valence-corrected chi connectivity index (χ1v) is 6.84. The van der Waals surface area contributed by atoms with Crippen molar-refractivity contribution in [2.45, 2.75) is 26.8 Å². The van der Waals surface area contributed by atoms with E-state index in [9.17, 15) is 0 Å².